The fourth-order valence-electron chi connectivity index (χ4n) is 3.21. The third-order valence-corrected chi connectivity index (χ3v) is 5.08. The van der Waals surface area contributed by atoms with Crippen molar-refractivity contribution in [3.63, 3.8) is 0 Å². The lowest BCUT2D eigenvalue weighted by Crippen LogP contribution is -2.36. The van der Waals surface area contributed by atoms with Crippen LogP contribution < -0.4 is 0 Å². The summed E-state index contributed by atoms with van der Waals surface area (Å²) in [6.45, 7) is 2.14. The minimum Gasteiger partial charge on any atom is -0.339 e. The van der Waals surface area contributed by atoms with Crippen molar-refractivity contribution in [1.82, 2.24) is 14.5 Å². The molecule has 1 aliphatic carbocycles. The molecule has 1 unspecified atom stereocenters. The molecule has 0 radical (unpaired) electrons. The van der Waals surface area contributed by atoms with Gasteiger partial charge < -0.3 is 4.90 Å². The van der Waals surface area contributed by atoms with Gasteiger partial charge in [-0.1, -0.05) is 12.1 Å². The van der Waals surface area contributed by atoms with Crippen LogP contribution in [0.5, 0.6) is 0 Å². The van der Waals surface area contributed by atoms with Gasteiger partial charge in [0.2, 0.25) is 0 Å². The summed E-state index contributed by atoms with van der Waals surface area (Å²) in [4.78, 5) is 18.9. The van der Waals surface area contributed by atoms with Crippen molar-refractivity contribution in [3.05, 3.63) is 60.4 Å². The molecule has 1 amide bonds. The van der Waals surface area contributed by atoms with Crippen molar-refractivity contribution in [2.75, 3.05) is 7.05 Å². The van der Waals surface area contributed by atoms with Gasteiger partial charge in [-0.25, -0.2) is 4.98 Å². The van der Waals surface area contributed by atoms with Crippen molar-refractivity contribution < 1.29 is 4.79 Å². The number of benzene rings is 2. The van der Waals surface area contributed by atoms with E-state index < -0.39 is 0 Å². The Balaban J connectivity index is 1.59. The largest absolute Gasteiger partial charge is 0.339 e. The van der Waals surface area contributed by atoms with Crippen molar-refractivity contribution >= 4 is 16.9 Å². The van der Waals surface area contributed by atoms with Crippen molar-refractivity contribution in [2.45, 2.75) is 25.8 Å². The number of amides is 1. The first-order chi connectivity index (χ1) is 11.6. The molecule has 0 spiro atoms. The smallest absolute Gasteiger partial charge is 0.253 e. The summed E-state index contributed by atoms with van der Waals surface area (Å²) < 4.78 is 2.04. The fraction of sp³-hybridized carbons (Fsp3) is 0.300. The summed E-state index contributed by atoms with van der Waals surface area (Å²) in [5.74, 6) is 0.770. The molecule has 0 bridgehead atoms. The van der Waals surface area contributed by atoms with E-state index in [2.05, 4.69) is 11.9 Å². The van der Waals surface area contributed by atoms with Crippen LogP contribution in [0.3, 0.4) is 0 Å². The van der Waals surface area contributed by atoms with E-state index in [1.54, 1.807) is 0 Å². The Bertz CT molecular complexity index is 877. The number of carbonyl (C=O) groups is 1. The van der Waals surface area contributed by atoms with Gasteiger partial charge in [0.05, 0.1) is 11.0 Å². The number of para-hydroxylation sites is 2. The van der Waals surface area contributed by atoms with Gasteiger partial charge in [-0.2, -0.15) is 0 Å². The number of rotatable bonds is 4. The average Bonchev–Trinajstić information content (AvgIpc) is 3.39. The monoisotopic (exact) mass is 319 g/mol. The lowest BCUT2D eigenvalue weighted by molar-refractivity contribution is 0.0727. The molecule has 4 rings (SSSR count). The van der Waals surface area contributed by atoms with Crippen molar-refractivity contribution in [1.29, 1.82) is 0 Å². The number of imidazole rings is 1. The lowest BCUT2D eigenvalue weighted by Gasteiger charge is -2.25. The summed E-state index contributed by atoms with van der Waals surface area (Å²) in [6, 6.07) is 16.1. The van der Waals surface area contributed by atoms with Gasteiger partial charge in [0.15, 0.2) is 0 Å². The van der Waals surface area contributed by atoms with Crippen LogP contribution in [0.15, 0.2) is 54.9 Å². The highest BCUT2D eigenvalue weighted by Crippen LogP contribution is 2.35. The molecule has 1 saturated carbocycles. The Labute approximate surface area is 141 Å². The van der Waals surface area contributed by atoms with E-state index in [4.69, 9.17) is 0 Å². The second-order valence-corrected chi connectivity index (χ2v) is 6.64. The Kier molecular flexibility index (Phi) is 3.60. The lowest BCUT2D eigenvalue weighted by atomic mass is 10.1. The van der Waals surface area contributed by atoms with Crippen molar-refractivity contribution in [3.8, 4) is 5.69 Å². The molecule has 4 heteroatoms. The molecule has 3 aromatic rings. The number of aromatic nitrogens is 2. The first-order valence-electron chi connectivity index (χ1n) is 8.45. The fourth-order valence-corrected chi connectivity index (χ4v) is 3.21. The number of carbonyl (C=O) groups excluding carboxylic acids is 1. The standard InChI is InChI=1S/C20H21N3O/c1-14(15-7-8-15)22(2)20(24)16-9-11-17(12-10-16)23-13-21-18-5-3-4-6-19(18)23/h3-6,9-15H,7-8H2,1-2H3. The minimum atomic E-state index is 0.0939. The van der Waals surface area contributed by atoms with Crippen LogP contribution in [0.1, 0.15) is 30.1 Å². The number of nitrogens with zero attached hydrogens (tertiary/aromatic N) is 3. The Hall–Kier alpha value is -2.62. The molecular formula is C20H21N3O. The zero-order chi connectivity index (χ0) is 16.7. The Morgan fingerprint density at radius 1 is 1.17 bits per heavy atom. The summed E-state index contributed by atoms with van der Waals surface area (Å²) in [5, 5.41) is 0. The molecule has 0 saturated heterocycles. The van der Waals surface area contributed by atoms with Gasteiger partial charge in [0, 0.05) is 24.3 Å². The van der Waals surface area contributed by atoms with Gasteiger partial charge in [-0.15, -0.1) is 0 Å². The van der Waals surface area contributed by atoms with E-state index in [-0.39, 0.29) is 5.91 Å². The van der Waals surface area contributed by atoms with Crippen molar-refractivity contribution in [2.24, 2.45) is 5.92 Å². The molecule has 1 atom stereocenters. The predicted octanol–water partition coefficient (Wildman–Crippen LogP) is 3.90. The number of fused-ring (bicyclic) bond motifs is 1. The van der Waals surface area contributed by atoms with E-state index >= 15 is 0 Å². The van der Waals surface area contributed by atoms with Crippen LogP contribution in [0.4, 0.5) is 0 Å². The van der Waals surface area contributed by atoms with E-state index in [1.807, 2.05) is 71.4 Å². The SMILES string of the molecule is CC(C1CC1)N(C)C(=O)c1ccc(-n2cnc3ccccc32)cc1. The van der Waals surface area contributed by atoms with Crippen LogP contribution in [-0.2, 0) is 0 Å². The molecule has 24 heavy (non-hydrogen) atoms. The summed E-state index contributed by atoms with van der Waals surface area (Å²) in [7, 11) is 1.91. The molecule has 1 aromatic heterocycles. The van der Waals surface area contributed by atoms with Crippen LogP contribution in [-0.4, -0.2) is 33.4 Å². The molecule has 1 fully saturated rings. The number of hydrogen-bond acceptors (Lipinski definition) is 2. The predicted molar refractivity (Wildman–Crippen MR) is 95.3 cm³/mol. The maximum absolute atomic E-state index is 12.6. The zero-order valence-electron chi connectivity index (χ0n) is 14.0. The van der Waals surface area contributed by atoms with E-state index in [9.17, 15) is 4.79 Å². The zero-order valence-corrected chi connectivity index (χ0v) is 14.0. The second-order valence-electron chi connectivity index (χ2n) is 6.64. The summed E-state index contributed by atoms with van der Waals surface area (Å²) in [5.41, 5.74) is 3.78. The topological polar surface area (TPSA) is 38.1 Å². The minimum absolute atomic E-state index is 0.0939. The van der Waals surface area contributed by atoms with Gasteiger partial charge in [-0.05, 0) is 62.1 Å². The molecule has 0 aliphatic heterocycles. The molecular weight excluding hydrogens is 298 g/mol. The Morgan fingerprint density at radius 2 is 1.88 bits per heavy atom. The molecule has 4 nitrogen and oxygen atoms in total. The summed E-state index contributed by atoms with van der Waals surface area (Å²) in [6.07, 6.45) is 4.31. The van der Waals surface area contributed by atoms with Crippen LogP contribution in [0.2, 0.25) is 0 Å². The third kappa shape index (κ3) is 2.58. The van der Waals surface area contributed by atoms with Crippen LogP contribution in [0.25, 0.3) is 16.7 Å². The normalized spacial score (nSPS) is 15.4. The Morgan fingerprint density at radius 3 is 2.58 bits per heavy atom. The molecule has 2 aromatic carbocycles. The highest BCUT2D eigenvalue weighted by Gasteiger charge is 2.32. The molecule has 0 N–H and O–H groups in total. The van der Waals surface area contributed by atoms with Gasteiger partial charge in [0.25, 0.3) is 5.91 Å². The molecule has 122 valence electrons. The van der Waals surface area contributed by atoms with E-state index in [0.29, 0.717) is 12.0 Å². The molecule has 1 aliphatic rings. The number of hydrogen-bond donors (Lipinski definition) is 0. The highest BCUT2D eigenvalue weighted by molar-refractivity contribution is 5.94. The van der Waals surface area contributed by atoms with Gasteiger partial charge in [0.1, 0.15) is 6.33 Å². The van der Waals surface area contributed by atoms with Crippen LogP contribution >= 0.6 is 0 Å². The highest BCUT2D eigenvalue weighted by atomic mass is 16.2. The first kappa shape index (κ1) is 14.9. The van der Waals surface area contributed by atoms with Crippen LogP contribution in [0, 0.1) is 5.92 Å². The van der Waals surface area contributed by atoms with E-state index in [0.717, 1.165) is 22.3 Å². The second kappa shape index (κ2) is 5.78. The quantitative estimate of drug-likeness (QED) is 0.731. The van der Waals surface area contributed by atoms with E-state index in [1.165, 1.54) is 12.8 Å². The maximum Gasteiger partial charge on any atom is 0.253 e. The molecule has 1 heterocycles. The van der Waals surface area contributed by atoms with Gasteiger partial charge >= 0.3 is 0 Å². The first-order valence-corrected chi connectivity index (χ1v) is 8.45. The average molecular weight is 319 g/mol. The summed E-state index contributed by atoms with van der Waals surface area (Å²) >= 11 is 0. The third-order valence-electron chi connectivity index (χ3n) is 5.08. The van der Waals surface area contributed by atoms with Gasteiger partial charge in [-0.3, -0.25) is 9.36 Å². The maximum atomic E-state index is 12.6.